The second-order valence-electron chi connectivity index (χ2n) is 6.93. The van der Waals surface area contributed by atoms with E-state index in [0.717, 1.165) is 0 Å². The topological polar surface area (TPSA) is 74.2 Å². The minimum Gasteiger partial charge on any atom is -0.493 e. The summed E-state index contributed by atoms with van der Waals surface area (Å²) in [4.78, 5) is 28.8. The highest BCUT2D eigenvalue weighted by Crippen LogP contribution is 2.35. The fourth-order valence-electron chi connectivity index (χ4n) is 3.13. The fraction of sp³-hybridized carbons (Fsp3) is 0.0800. The molecule has 0 atom stereocenters. The Labute approximate surface area is 202 Å². The van der Waals surface area contributed by atoms with Crippen molar-refractivity contribution < 1.29 is 28.2 Å². The molecule has 1 heterocycles. The van der Waals surface area contributed by atoms with E-state index >= 15 is 0 Å². The SMILES string of the molecule is COc1cc(/C=C2\N=C(c3ccccc3F)OC2=O)cc(I)c1OCC(=O)c1ccccc1. The first-order valence-corrected chi connectivity index (χ1v) is 10.9. The highest BCUT2D eigenvalue weighted by Gasteiger charge is 2.26. The van der Waals surface area contributed by atoms with E-state index in [0.29, 0.717) is 26.2 Å². The number of rotatable bonds is 7. The number of cyclic esters (lactones) is 1. The van der Waals surface area contributed by atoms with Gasteiger partial charge in [0.05, 0.1) is 16.2 Å². The molecule has 0 spiro atoms. The van der Waals surface area contributed by atoms with Gasteiger partial charge < -0.3 is 14.2 Å². The van der Waals surface area contributed by atoms with Gasteiger partial charge in [-0.2, -0.15) is 0 Å². The molecule has 166 valence electrons. The third kappa shape index (κ3) is 5.11. The normalized spacial score (nSPS) is 14.1. The lowest BCUT2D eigenvalue weighted by molar-refractivity contribution is -0.129. The van der Waals surface area contributed by atoms with Crippen LogP contribution in [0.5, 0.6) is 11.5 Å². The summed E-state index contributed by atoms with van der Waals surface area (Å²) in [7, 11) is 1.48. The molecule has 3 aromatic rings. The summed E-state index contributed by atoms with van der Waals surface area (Å²) in [6.45, 7) is -0.153. The Bertz CT molecular complexity index is 1290. The predicted octanol–water partition coefficient (Wildman–Crippen LogP) is 5.05. The Balaban J connectivity index is 1.57. The van der Waals surface area contributed by atoms with Crippen molar-refractivity contribution in [1.82, 2.24) is 0 Å². The molecule has 0 fully saturated rings. The number of ether oxygens (including phenoxy) is 3. The highest BCUT2D eigenvalue weighted by molar-refractivity contribution is 14.1. The molecule has 6 nitrogen and oxygen atoms in total. The van der Waals surface area contributed by atoms with Crippen molar-refractivity contribution in [3.8, 4) is 11.5 Å². The molecule has 33 heavy (non-hydrogen) atoms. The van der Waals surface area contributed by atoms with Crippen LogP contribution in [0.3, 0.4) is 0 Å². The maximum absolute atomic E-state index is 14.0. The number of aliphatic imine (C=N–C) groups is 1. The first-order chi connectivity index (χ1) is 16.0. The van der Waals surface area contributed by atoms with Crippen molar-refractivity contribution in [1.29, 1.82) is 0 Å². The van der Waals surface area contributed by atoms with Gasteiger partial charge in [0.15, 0.2) is 29.6 Å². The van der Waals surface area contributed by atoms with Crippen LogP contribution in [0, 0.1) is 9.39 Å². The van der Waals surface area contributed by atoms with Crippen LogP contribution in [0.1, 0.15) is 21.5 Å². The number of benzene rings is 3. The number of methoxy groups -OCH3 is 1. The van der Waals surface area contributed by atoms with Crippen LogP contribution < -0.4 is 9.47 Å². The van der Waals surface area contributed by atoms with Crippen LogP contribution in [0.15, 0.2) is 77.4 Å². The summed E-state index contributed by atoms with van der Waals surface area (Å²) in [6.07, 6.45) is 1.51. The summed E-state index contributed by atoms with van der Waals surface area (Å²) in [6, 6.07) is 18.2. The van der Waals surface area contributed by atoms with Crippen molar-refractivity contribution in [2.24, 2.45) is 4.99 Å². The molecule has 0 amide bonds. The molecule has 8 heteroatoms. The summed E-state index contributed by atoms with van der Waals surface area (Å²) in [5.41, 5.74) is 1.28. The largest absolute Gasteiger partial charge is 0.493 e. The van der Waals surface area contributed by atoms with E-state index in [1.54, 1.807) is 42.5 Å². The van der Waals surface area contributed by atoms with Gasteiger partial charge in [0.2, 0.25) is 5.90 Å². The molecule has 0 aromatic heterocycles. The average molecular weight is 557 g/mol. The van der Waals surface area contributed by atoms with Crippen LogP contribution >= 0.6 is 22.6 Å². The number of hydrogen-bond donors (Lipinski definition) is 0. The van der Waals surface area contributed by atoms with Crippen LogP contribution in [-0.2, 0) is 9.53 Å². The summed E-state index contributed by atoms with van der Waals surface area (Å²) < 4.78 is 31.0. The quantitative estimate of drug-likeness (QED) is 0.176. The molecule has 0 saturated carbocycles. The number of nitrogens with zero attached hydrogens (tertiary/aromatic N) is 1. The summed E-state index contributed by atoms with van der Waals surface area (Å²) >= 11 is 2.06. The van der Waals surface area contributed by atoms with Gasteiger partial charge in [-0.25, -0.2) is 14.2 Å². The molecule has 1 aliphatic heterocycles. The van der Waals surface area contributed by atoms with Gasteiger partial charge in [-0.05, 0) is 58.5 Å². The number of Topliss-reactive ketones (excluding diaryl/α,β-unsaturated/α-hetero) is 1. The number of esters is 1. The lowest BCUT2D eigenvalue weighted by Crippen LogP contribution is -2.12. The van der Waals surface area contributed by atoms with Crippen molar-refractivity contribution in [3.63, 3.8) is 0 Å². The van der Waals surface area contributed by atoms with E-state index in [9.17, 15) is 14.0 Å². The Kier molecular flexibility index (Phi) is 6.83. The molecule has 0 radical (unpaired) electrons. The molecular formula is C25H17FINO5. The van der Waals surface area contributed by atoms with Gasteiger partial charge in [-0.3, -0.25) is 4.79 Å². The zero-order chi connectivity index (χ0) is 23.4. The van der Waals surface area contributed by atoms with E-state index in [-0.39, 0.29) is 29.5 Å². The van der Waals surface area contributed by atoms with E-state index in [1.807, 2.05) is 6.07 Å². The monoisotopic (exact) mass is 557 g/mol. The van der Waals surface area contributed by atoms with Crippen LogP contribution in [0.4, 0.5) is 4.39 Å². The van der Waals surface area contributed by atoms with Gasteiger partial charge >= 0.3 is 5.97 Å². The van der Waals surface area contributed by atoms with Crippen LogP contribution in [0.25, 0.3) is 6.08 Å². The highest BCUT2D eigenvalue weighted by atomic mass is 127. The van der Waals surface area contributed by atoms with E-state index in [4.69, 9.17) is 14.2 Å². The number of ketones is 1. The summed E-state index contributed by atoms with van der Waals surface area (Å²) in [5.74, 6) is -0.675. The van der Waals surface area contributed by atoms with E-state index < -0.39 is 11.8 Å². The fourth-order valence-corrected chi connectivity index (χ4v) is 3.91. The van der Waals surface area contributed by atoms with Gasteiger partial charge in [0.25, 0.3) is 0 Å². The lowest BCUT2D eigenvalue weighted by Gasteiger charge is -2.13. The van der Waals surface area contributed by atoms with E-state index in [2.05, 4.69) is 27.6 Å². The molecule has 0 N–H and O–H groups in total. The minimum atomic E-state index is -0.684. The zero-order valence-corrected chi connectivity index (χ0v) is 19.5. The molecule has 1 aliphatic rings. The summed E-state index contributed by atoms with van der Waals surface area (Å²) in [5, 5.41) is 0. The second kappa shape index (κ2) is 9.95. The van der Waals surface area contributed by atoms with Crippen molar-refractivity contribution in [2.45, 2.75) is 0 Å². The average Bonchev–Trinajstić information content (AvgIpc) is 3.18. The van der Waals surface area contributed by atoms with Gasteiger partial charge in [-0.1, -0.05) is 42.5 Å². The Hall–Kier alpha value is -3.53. The third-order valence-electron chi connectivity index (χ3n) is 4.72. The zero-order valence-electron chi connectivity index (χ0n) is 17.4. The lowest BCUT2D eigenvalue weighted by atomic mass is 10.1. The van der Waals surface area contributed by atoms with Gasteiger partial charge in [0, 0.05) is 5.56 Å². The van der Waals surface area contributed by atoms with Crippen LogP contribution in [0.2, 0.25) is 0 Å². The second-order valence-corrected chi connectivity index (χ2v) is 8.09. The predicted molar refractivity (Wildman–Crippen MR) is 129 cm³/mol. The molecule has 0 aliphatic carbocycles. The third-order valence-corrected chi connectivity index (χ3v) is 5.52. The smallest absolute Gasteiger partial charge is 0.363 e. The van der Waals surface area contributed by atoms with Crippen molar-refractivity contribution in [2.75, 3.05) is 13.7 Å². The minimum absolute atomic E-state index is 0.0269. The van der Waals surface area contributed by atoms with Gasteiger partial charge in [0.1, 0.15) is 5.82 Å². The first-order valence-electron chi connectivity index (χ1n) is 9.82. The number of halogens is 2. The first kappa shape index (κ1) is 22.7. The Morgan fingerprint density at radius 3 is 2.58 bits per heavy atom. The Morgan fingerprint density at radius 2 is 1.85 bits per heavy atom. The van der Waals surface area contributed by atoms with Gasteiger partial charge in [-0.15, -0.1) is 0 Å². The number of hydrogen-bond acceptors (Lipinski definition) is 6. The maximum Gasteiger partial charge on any atom is 0.363 e. The maximum atomic E-state index is 14.0. The van der Waals surface area contributed by atoms with E-state index in [1.165, 1.54) is 31.4 Å². The molecule has 4 rings (SSSR count). The number of carbonyl (C=O) groups is 2. The molecule has 0 saturated heterocycles. The molecule has 0 unspecified atom stereocenters. The molecule has 0 bridgehead atoms. The standard InChI is InChI=1S/C25H17FINO5/c1-31-22-13-15(11-19(27)23(22)32-14-21(29)16-7-3-2-4-8-16)12-20-25(30)33-24(28-20)17-9-5-6-10-18(17)26/h2-13H,14H2,1H3/b20-12-. The van der Waals surface area contributed by atoms with Crippen molar-refractivity contribution >= 4 is 46.3 Å². The Morgan fingerprint density at radius 1 is 1.12 bits per heavy atom. The molecule has 3 aromatic carbocycles. The van der Waals surface area contributed by atoms with Crippen LogP contribution in [-0.4, -0.2) is 31.4 Å². The molecular weight excluding hydrogens is 540 g/mol. The number of carbonyl (C=O) groups excluding carboxylic acids is 2. The van der Waals surface area contributed by atoms with Crippen molar-refractivity contribution in [3.05, 3.63) is 98.5 Å².